The average molecular weight is 259 g/mol. The average Bonchev–Trinajstić information content (AvgIpc) is 2.30. The summed E-state index contributed by atoms with van der Waals surface area (Å²) in [6.07, 6.45) is 0. The Kier molecular flexibility index (Phi) is 7.29. The lowest BCUT2D eigenvalue weighted by Gasteiger charge is -2.13. The Morgan fingerprint density at radius 1 is 1.00 bits per heavy atom. The SMILES string of the molecule is CC(=O)NCC(=O)NCC(=O)NC(CO)C(C)=O. The van der Waals surface area contributed by atoms with Crippen LogP contribution in [0.3, 0.4) is 0 Å². The fourth-order valence-electron chi connectivity index (χ4n) is 0.967. The van der Waals surface area contributed by atoms with Gasteiger partial charge in [0.05, 0.1) is 19.7 Å². The van der Waals surface area contributed by atoms with Gasteiger partial charge in [-0.3, -0.25) is 19.2 Å². The van der Waals surface area contributed by atoms with Gasteiger partial charge in [-0.1, -0.05) is 0 Å². The maximum absolute atomic E-state index is 11.3. The van der Waals surface area contributed by atoms with Gasteiger partial charge in [-0.25, -0.2) is 0 Å². The summed E-state index contributed by atoms with van der Waals surface area (Å²) in [5.41, 5.74) is 0. The minimum atomic E-state index is -0.968. The Morgan fingerprint density at radius 2 is 1.56 bits per heavy atom. The highest BCUT2D eigenvalue weighted by Crippen LogP contribution is 1.84. The van der Waals surface area contributed by atoms with Crippen molar-refractivity contribution in [2.24, 2.45) is 0 Å². The van der Waals surface area contributed by atoms with E-state index in [9.17, 15) is 19.2 Å². The number of rotatable bonds is 7. The lowest BCUT2D eigenvalue weighted by atomic mass is 10.2. The van der Waals surface area contributed by atoms with Gasteiger partial charge in [0.25, 0.3) is 0 Å². The summed E-state index contributed by atoms with van der Waals surface area (Å²) in [7, 11) is 0. The molecule has 1 unspecified atom stereocenters. The maximum atomic E-state index is 11.3. The standard InChI is InChI=1S/C10H17N3O5/c1-6(15)8(5-14)13-10(18)4-12-9(17)3-11-7(2)16/h8,14H,3-5H2,1-2H3,(H,11,16)(H,12,17)(H,13,18). The molecule has 0 rings (SSSR count). The number of amides is 3. The van der Waals surface area contributed by atoms with Crippen molar-refractivity contribution < 1.29 is 24.3 Å². The number of carbonyl (C=O) groups is 4. The van der Waals surface area contributed by atoms with Crippen LogP contribution in [-0.4, -0.2) is 54.3 Å². The van der Waals surface area contributed by atoms with Crippen LogP contribution in [-0.2, 0) is 19.2 Å². The zero-order valence-corrected chi connectivity index (χ0v) is 10.3. The predicted molar refractivity (Wildman–Crippen MR) is 61.4 cm³/mol. The summed E-state index contributed by atoms with van der Waals surface area (Å²) in [6.45, 7) is 1.44. The molecule has 0 aromatic carbocycles. The van der Waals surface area contributed by atoms with Crippen molar-refractivity contribution in [2.75, 3.05) is 19.7 Å². The smallest absolute Gasteiger partial charge is 0.240 e. The molecule has 0 aliphatic heterocycles. The number of ketones is 1. The van der Waals surface area contributed by atoms with Gasteiger partial charge in [0.1, 0.15) is 6.04 Å². The molecular formula is C10H17N3O5. The van der Waals surface area contributed by atoms with Crippen LogP contribution in [0.2, 0.25) is 0 Å². The molecule has 3 amide bonds. The van der Waals surface area contributed by atoms with Crippen LogP contribution < -0.4 is 16.0 Å². The van der Waals surface area contributed by atoms with Gasteiger partial charge >= 0.3 is 0 Å². The van der Waals surface area contributed by atoms with Gasteiger partial charge in [0, 0.05) is 6.92 Å². The molecule has 102 valence electrons. The molecule has 0 aliphatic carbocycles. The number of nitrogens with one attached hydrogen (secondary N) is 3. The van der Waals surface area contributed by atoms with Crippen molar-refractivity contribution >= 4 is 23.5 Å². The first-order valence-electron chi connectivity index (χ1n) is 5.28. The fraction of sp³-hybridized carbons (Fsp3) is 0.600. The Balaban J connectivity index is 3.92. The Bertz CT molecular complexity index is 342. The summed E-state index contributed by atoms with van der Waals surface area (Å²) in [4.78, 5) is 43.8. The molecule has 0 aliphatic rings. The van der Waals surface area contributed by atoms with E-state index in [1.54, 1.807) is 0 Å². The van der Waals surface area contributed by atoms with Gasteiger partial charge < -0.3 is 21.1 Å². The van der Waals surface area contributed by atoms with E-state index in [2.05, 4.69) is 16.0 Å². The third kappa shape index (κ3) is 7.34. The van der Waals surface area contributed by atoms with Crippen LogP contribution in [0.4, 0.5) is 0 Å². The van der Waals surface area contributed by atoms with Crippen LogP contribution in [0.15, 0.2) is 0 Å². The lowest BCUT2D eigenvalue weighted by molar-refractivity contribution is -0.129. The molecule has 8 nitrogen and oxygen atoms in total. The maximum Gasteiger partial charge on any atom is 0.240 e. The van der Waals surface area contributed by atoms with E-state index in [4.69, 9.17) is 5.11 Å². The lowest BCUT2D eigenvalue weighted by Crippen LogP contribution is -2.47. The van der Waals surface area contributed by atoms with Crippen LogP contribution in [0, 0.1) is 0 Å². The summed E-state index contributed by atoms with van der Waals surface area (Å²) < 4.78 is 0. The van der Waals surface area contributed by atoms with Gasteiger partial charge in [0.15, 0.2) is 5.78 Å². The van der Waals surface area contributed by atoms with E-state index in [1.165, 1.54) is 13.8 Å². The number of aliphatic hydroxyl groups is 1. The summed E-state index contributed by atoms with van der Waals surface area (Å²) in [5, 5.41) is 15.6. The van der Waals surface area contributed by atoms with Gasteiger partial charge in [-0.05, 0) is 6.92 Å². The summed E-state index contributed by atoms with van der Waals surface area (Å²) in [6, 6.07) is -0.968. The van der Waals surface area contributed by atoms with E-state index in [0.29, 0.717) is 0 Å². The van der Waals surface area contributed by atoms with Crippen molar-refractivity contribution in [2.45, 2.75) is 19.9 Å². The molecule has 1 atom stereocenters. The van der Waals surface area contributed by atoms with Crippen molar-refractivity contribution in [3.63, 3.8) is 0 Å². The number of hydrogen-bond acceptors (Lipinski definition) is 5. The molecule has 0 spiro atoms. The molecule has 0 aromatic rings. The van der Waals surface area contributed by atoms with Crippen molar-refractivity contribution in [3.05, 3.63) is 0 Å². The second-order valence-electron chi connectivity index (χ2n) is 3.60. The topological polar surface area (TPSA) is 125 Å². The van der Waals surface area contributed by atoms with Crippen LogP contribution >= 0.6 is 0 Å². The van der Waals surface area contributed by atoms with Crippen LogP contribution in [0.5, 0.6) is 0 Å². The molecule has 0 radical (unpaired) electrons. The van der Waals surface area contributed by atoms with Crippen LogP contribution in [0.1, 0.15) is 13.8 Å². The molecule has 0 saturated heterocycles. The highest BCUT2D eigenvalue weighted by molar-refractivity contribution is 5.91. The van der Waals surface area contributed by atoms with E-state index >= 15 is 0 Å². The highest BCUT2D eigenvalue weighted by Gasteiger charge is 2.15. The van der Waals surface area contributed by atoms with E-state index in [0.717, 1.165) is 0 Å². The first-order chi connectivity index (χ1) is 8.36. The third-order valence-electron chi connectivity index (χ3n) is 1.95. The molecular weight excluding hydrogens is 242 g/mol. The van der Waals surface area contributed by atoms with Crippen molar-refractivity contribution in [3.8, 4) is 0 Å². The van der Waals surface area contributed by atoms with Crippen LogP contribution in [0.25, 0.3) is 0 Å². The van der Waals surface area contributed by atoms with E-state index in [1.807, 2.05) is 0 Å². The molecule has 0 bridgehead atoms. The first-order valence-corrected chi connectivity index (χ1v) is 5.28. The fourth-order valence-corrected chi connectivity index (χ4v) is 0.967. The van der Waals surface area contributed by atoms with E-state index < -0.39 is 24.5 Å². The summed E-state index contributed by atoms with van der Waals surface area (Å²) >= 11 is 0. The minimum Gasteiger partial charge on any atom is -0.394 e. The number of Topliss-reactive ketones (excluding diaryl/α,β-unsaturated/α-hetero) is 1. The molecule has 0 fully saturated rings. The number of aliphatic hydroxyl groups excluding tert-OH is 1. The van der Waals surface area contributed by atoms with Gasteiger partial charge in [0.2, 0.25) is 17.7 Å². The molecule has 18 heavy (non-hydrogen) atoms. The molecule has 4 N–H and O–H groups in total. The Labute approximate surface area is 104 Å². The monoisotopic (exact) mass is 259 g/mol. The molecule has 8 heteroatoms. The summed E-state index contributed by atoms with van der Waals surface area (Å²) in [5.74, 6) is -1.86. The minimum absolute atomic E-state index is 0.223. The Hall–Kier alpha value is -1.96. The second kappa shape index (κ2) is 8.18. The zero-order valence-electron chi connectivity index (χ0n) is 10.3. The largest absolute Gasteiger partial charge is 0.394 e. The first kappa shape index (κ1) is 16.0. The zero-order chi connectivity index (χ0) is 14.1. The third-order valence-corrected chi connectivity index (χ3v) is 1.95. The highest BCUT2D eigenvalue weighted by atomic mass is 16.3. The van der Waals surface area contributed by atoms with Crippen molar-refractivity contribution in [1.82, 2.24) is 16.0 Å². The van der Waals surface area contributed by atoms with Gasteiger partial charge in [-0.15, -0.1) is 0 Å². The molecule has 0 heterocycles. The normalized spacial score (nSPS) is 11.3. The Morgan fingerprint density at radius 3 is 2.00 bits per heavy atom. The van der Waals surface area contributed by atoms with E-state index in [-0.39, 0.29) is 24.8 Å². The van der Waals surface area contributed by atoms with Crippen molar-refractivity contribution in [1.29, 1.82) is 0 Å². The second-order valence-corrected chi connectivity index (χ2v) is 3.60. The number of carbonyl (C=O) groups excluding carboxylic acids is 4. The van der Waals surface area contributed by atoms with Gasteiger partial charge in [-0.2, -0.15) is 0 Å². The quantitative estimate of drug-likeness (QED) is 0.396. The molecule has 0 saturated carbocycles. The molecule has 0 aromatic heterocycles. The number of hydrogen-bond donors (Lipinski definition) is 4. The predicted octanol–water partition coefficient (Wildman–Crippen LogP) is -2.70.